The summed E-state index contributed by atoms with van der Waals surface area (Å²) >= 11 is 1.53. The minimum absolute atomic E-state index is 0.0362. The summed E-state index contributed by atoms with van der Waals surface area (Å²) in [4.78, 5) is 28.9. The Morgan fingerprint density at radius 2 is 2.14 bits per heavy atom. The molecular formula is C16H24N2O3S. The Hall–Kier alpha value is -1.40. The highest BCUT2D eigenvalue weighted by Gasteiger charge is 2.31. The number of aliphatic hydroxyl groups excluding tert-OH is 1. The molecule has 1 unspecified atom stereocenters. The first-order chi connectivity index (χ1) is 10.2. The van der Waals surface area contributed by atoms with Gasteiger partial charge >= 0.3 is 0 Å². The Morgan fingerprint density at radius 3 is 2.73 bits per heavy atom. The van der Waals surface area contributed by atoms with Gasteiger partial charge in [-0.05, 0) is 16.9 Å². The van der Waals surface area contributed by atoms with Crippen molar-refractivity contribution in [2.24, 2.45) is 5.41 Å². The fourth-order valence-corrected chi connectivity index (χ4v) is 3.28. The van der Waals surface area contributed by atoms with Crippen molar-refractivity contribution >= 4 is 23.2 Å². The lowest BCUT2D eigenvalue weighted by Gasteiger charge is -2.29. The molecule has 1 N–H and O–H groups in total. The molecule has 1 aromatic heterocycles. The van der Waals surface area contributed by atoms with E-state index in [1.807, 2.05) is 17.5 Å². The Labute approximate surface area is 135 Å². The van der Waals surface area contributed by atoms with Gasteiger partial charge in [-0.15, -0.1) is 11.3 Å². The van der Waals surface area contributed by atoms with Crippen molar-refractivity contribution in [1.82, 2.24) is 9.80 Å². The highest BCUT2D eigenvalue weighted by molar-refractivity contribution is 7.10. The molecule has 22 heavy (non-hydrogen) atoms. The fraction of sp³-hybridized carbons (Fsp3) is 0.625. The number of β-amino-alcohol motifs (C(OH)–C–C–N with tert-alkyl or cyclic N) is 1. The molecule has 0 radical (unpaired) electrons. The van der Waals surface area contributed by atoms with Crippen LogP contribution in [0.15, 0.2) is 17.5 Å². The number of carbonyl (C=O) groups is 2. The topological polar surface area (TPSA) is 60.9 Å². The van der Waals surface area contributed by atoms with Crippen molar-refractivity contribution in [3.05, 3.63) is 22.4 Å². The summed E-state index contributed by atoms with van der Waals surface area (Å²) in [6.07, 6.45) is -0.405. The zero-order chi connectivity index (χ0) is 16.3. The second-order valence-corrected chi connectivity index (χ2v) is 8.05. The zero-order valence-corrected chi connectivity index (χ0v) is 14.2. The number of rotatable bonds is 3. The molecule has 1 aliphatic heterocycles. The normalized spacial score (nSPS) is 20.2. The first kappa shape index (κ1) is 17.0. The minimum atomic E-state index is -0.693. The number of hydrogen-bond acceptors (Lipinski definition) is 4. The van der Waals surface area contributed by atoms with E-state index in [-0.39, 0.29) is 36.7 Å². The maximum absolute atomic E-state index is 12.4. The molecule has 0 spiro atoms. The largest absolute Gasteiger partial charge is 0.389 e. The van der Waals surface area contributed by atoms with Crippen molar-refractivity contribution in [2.45, 2.75) is 33.3 Å². The smallest absolute Gasteiger partial charge is 0.242 e. The predicted octanol–water partition coefficient (Wildman–Crippen LogP) is 1.37. The average Bonchev–Trinajstić information content (AvgIpc) is 2.83. The summed E-state index contributed by atoms with van der Waals surface area (Å²) in [7, 11) is 0. The van der Waals surface area contributed by atoms with E-state index >= 15 is 0 Å². The number of amides is 2. The lowest BCUT2D eigenvalue weighted by Crippen LogP contribution is -2.42. The molecule has 5 nitrogen and oxygen atoms in total. The van der Waals surface area contributed by atoms with Crippen molar-refractivity contribution in [2.75, 3.05) is 26.2 Å². The van der Waals surface area contributed by atoms with Crippen LogP contribution in [0.5, 0.6) is 0 Å². The van der Waals surface area contributed by atoms with Crippen LogP contribution < -0.4 is 0 Å². The third kappa shape index (κ3) is 4.81. The van der Waals surface area contributed by atoms with E-state index in [9.17, 15) is 14.7 Å². The quantitative estimate of drug-likeness (QED) is 0.913. The third-order valence-corrected chi connectivity index (χ3v) is 4.34. The molecule has 0 saturated carbocycles. The summed E-state index contributed by atoms with van der Waals surface area (Å²) in [5.74, 6) is -0.196. The molecule has 6 heteroatoms. The van der Waals surface area contributed by atoms with Crippen LogP contribution in [0.3, 0.4) is 0 Å². The standard InChI is InChI=1S/C16H24N2O3S/c1-16(2,3)11-18-9-12(19)8-17(10-15(18)21)14(20)7-13-5-4-6-22-13/h4-6,12,19H,7-11H2,1-3H3. The highest BCUT2D eigenvalue weighted by Crippen LogP contribution is 2.18. The van der Waals surface area contributed by atoms with Gasteiger partial charge in [-0.2, -0.15) is 0 Å². The van der Waals surface area contributed by atoms with E-state index in [1.165, 1.54) is 16.2 Å². The number of thiophene rings is 1. The second-order valence-electron chi connectivity index (χ2n) is 7.02. The highest BCUT2D eigenvalue weighted by atomic mass is 32.1. The number of hydrogen-bond donors (Lipinski definition) is 1. The molecule has 2 rings (SSSR count). The van der Waals surface area contributed by atoms with Gasteiger partial charge in [0.05, 0.1) is 19.1 Å². The van der Waals surface area contributed by atoms with Gasteiger partial charge in [0, 0.05) is 24.5 Å². The van der Waals surface area contributed by atoms with Crippen LogP contribution in [-0.4, -0.2) is 59.0 Å². The van der Waals surface area contributed by atoms with Crippen LogP contribution in [0.2, 0.25) is 0 Å². The van der Waals surface area contributed by atoms with Gasteiger partial charge in [-0.1, -0.05) is 26.8 Å². The number of carbonyl (C=O) groups excluding carboxylic acids is 2. The van der Waals surface area contributed by atoms with Crippen LogP contribution in [0, 0.1) is 5.41 Å². The molecule has 1 fully saturated rings. The Kier molecular flexibility index (Phi) is 5.24. The van der Waals surface area contributed by atoms with Crippen LogP contribution in [0.25, 0.3) is 0 Å². The van der Waals surface area contributed by atoms with Crippen molar-refractivity contribution in [3.8, 4) is 0 Å². The van der Waals surface area contributed by atoms with E-state index < -0.39 is 6.10 Å². The summed E-state index contributed by atoms with van der Waals surface area (Å²) in [6, 6.07) is 3.81. The Morgan fingerprint density at radius 1 is 1.41 bits per heavy atom. The van der Waals surface area contributed by atoms with Crippen LogP contribution in [0.1, 0.15) is 25.6 Å². The van der Waals surface area contributed by atoms with Crippen LogP contribution in [-0.2, 0) is 16.0 Å². The third-order valence-electron chi connectivity index (χ3n) is 3.46. The van der Waals surface area contributed by atoms with Gasteiger partial charge in [-0.3, -0.25) is 9.59 Å². The van der Waals surface area contributed by atoms with E-state index in [2.05, 4.69) is 20.8 Å². The molecule has 0 aromatic carbocycles. The lowest BCUT2D eigenvalue weighted by atomic mass is 9.96. The fourth-order valence-electron chi connectivity index (χ4n) is 2.59. The summed E-state index contributed by atoms with van der Waals surface area (Å²) in [5.41, 5.74) is -0.0362. The van der Waals surface area contributed by atoms with Gasteiger partial charge in [0.1, 0.15) is 0 Å². The molecule has 1 atom stereocenters. The first-order valence-corrected chi connectivity index (χ1v) is 8.38. The van der Waals surface area contributed by atoms with Crippen LogP contribution >= 0.6 is 11.3 Å². The van der Waals surface area contributed by atoms with Crippen LogP contribution in [0.4, 0.5) is 0 Å². The van der Waals surface area contributed by atoms with Gasteiger partial charge < -0.3 is 14.9 Å². The van der Waals surface area contributed by atoms with E-state index in [0.29, 0.717) is 13.1 Å². The van der Waals surface area contributed by atoms with E-state index in [0.717, 1.165) is 4.88 Å². The molecule has 0 aliphatic carbocycles. The SMILES string of the molecule is CC(C)(C)CN1CC(O)CN(C(=O)Cc2cccs2)CC1=O. The van der Waals surface area contributed by atoms with Gasteiger partial charge in [-0.25, -0.2) is 0 Å². The Bertz CT molecular complexity index is 522. The zero-order valence-electron chi connectivity index (χ0n) is 13.4. The first-order valence-electron chi connectivity index (χ1n) is 7.50. The maximum atomic E-state index is 12.4. The molecule has 122 valence electrons. The van der Waals surface area contributed by atoms with Gasteiger partial charge in [0.2, 0.25) is 11.8 Å². The summed E-state index contributed by atoms with van der Waals surface area (Å²) in [6.45, 7) is 7.30. The Balaban J connectivity index is 2.03. The molecule has 0 bridgehead atoms. The molecule has 1 aromatic rings. The van der Waals surface area contributed by atoms with Gasteiger partial charge in [0.15, 0.2) is 0 Å². The summed E-state index contributed by atoms with van der Waals surface area (Å²) < 4.78 is 0. The van der Waals surface area contributed by atoms with E-state index in [1.54, 1.807) is 4.90 Å². The van der Waals surface area contributed by atoms with E-state index in [4.69, 9.17) is 0 Å². The van der Waals surface area contributed by atoms with Crippen molar-refractivity contribution in [3.63, 3.8) is 0 Å². The van der Waals surface area contributed by atoms with Crippen molar-refractivity contribution in [1.29, 1.82) is 0 Å². The predicted molar refractivity (Wildman–Crippen MR) is 86.6 cm³/mol. The minimum Gasteiger partial charge on any atom is -0.389 e. The maximum Gasteiger partial charge on any atom is 0.242 e. The number of aliphatic hydroxyl groups is 1. The summed E-state index contributed by atoms with van der Waals surface area (Å²) in [5, 5.41) is 12.1. The molecule has 2 heterocycles. The van der Waals surface area contributed by atoms with Crippen molar-refractivity contribution < 1.29 is 14.7 Å². The molecular weight excluding hydrogens is 300 g/mol. The average molecular weight is 324 g/mol. The molecule has 1 saturated heterocycles. The number of nitrogens with zero attached hydrogens (tertiary/aromatic N) is 2. The van der Waals surface area contributed by atoms with Gasteiger partial charge in [0.25, 0.3) is 0 Å². The molecule has 1 aliphatic rings. The molecule has 2 amide bonds. The monoisotopic (exact) mass is 324 g/mol. The lowest BCUT2D eigenvalue weighted by molar-refractivity contribution is -0.138. The second kappa shape index (κ2) is 6.79.